The lowest BCUT2D eigenvalue weighted by molar-refractivity contribution is 0.593. The number of benzene rings is 4. The lowest BCUT2D eigenvalue weighted by Crippen LogP contribution is -2.21. The van der Waals surface area contributed by atoms with E-state index >= 15 is 0 Å². The summed E-state index contributed by atoms with van der Waals surface area (Å²) in [4.78, 5) is 0. The molecule has 3 aliphatic carbocycles. The minimum Gasteiger partial charge on any atom is -0.356 e. The van der Waals surface area contributed by atoms with Gasteiger partial charge in [0.2, 0.25) is 0 Å². The third kappa shape index (κ3) is 3.24. The minimum atomic E-state index is -0.0511. The van der Waals surface area contributed by atoms with Gasteiger partial charge in [0.25, 0.3) is 0 Å². The van der Waals surface area contributed by atoms with E-state index in [-0.39, 0.29) is 16.2 Å². The lowest BCUT2D eigenvalue weighted by atomic mass is 9.74. The summed E-state index contributed by atoms with van der Waals surface area (Å²) in [6.45, 7) is 11.8. The first-order chi connectivity index (χ1) is 18.2. The molecule has 0 amide bonds. The van der Waals surface area contributed by atoms with Gasteiger partial charge >= 0.3 is 0 Å². The molecule has 0 aromatic heterocycles. The fourth-order valence-electron chi connectivity index (χ4n) is 7.06. The van der Waals surface area contributed by atoms with Gasteiger partial charge in [-0.05, 0) is 80.8 Å². The van der Waals surface area contributed by atoms with Gasteiger partial charge in [-0.1, -0.05) is 114 Å². The van der Waals surface area contributed by atoms with Crippen LogP contribution in [-0.2, 0) is 16.2 Å². The molecule has 0 saturated carbocycles. The second kappa shape index (κ2) is 7.84. The van der Waals surface area contributed by atoms with Crippen molar-refractivity contribution in [2.45, 2.75) is 57.3 Å². The van der Waals surface area contributed by atoms with Gasteiger partial charge in [-0.2, -0.15) is 0 Å². The van der Waals surface area contributed by atoms with Crippen molar-refractivity contribution in [3.63, 3.8) is 0 Å². The predicted octanol–water partition coefficient (Wildman–Crippen LogP) is 9.82. The smallest absolute Gasteiger partial charge is 0.0387 e. The lowest BCUT2D eigenvalue weighted by Gasteiger charge is -2.29. The maximum absolute atomic E-state index is 3.74. The van der Waals surface area contributed by atoms with Crippen molar-refractivity contribution < 1.29 is 0 Å². The normalized spacial score (nSPS) is 21.0. The Labute approximate surface area is 227 Å². The van der Waals surface area contributed by atoms with E-state index < -0.39 is 0 Å². The molecule has 0 heterocycles. The highest BCUT2D eigenvalue weighted by Crippen LogP contribution is 2.52. The molecule has 1 atom stereocenters. The Kier molecular flexibility index (Phi) is 4.80. The van der Waals surface area contributed by atoms with E-state index in [9.17, 15) is 0 Å². The van der Waals surface area contributed by atoms with E-state index in [4.69, 9.17) is 0 Å². The highest BCUT2D eigenvalue weighted by atomic mass is 14.9. The number of rotatable bonds is 3. The second-order valence-electron chi connectivity index (χ2n) is 12.6. The molecule has 3 aliphatic rings. The van der Waals surface area contributed by atoms with Gasteiger partial charge in [-0.25, -0.2) is 0 Å². The molecule has 0 bridgehead atoms. The van der Waals surface area contributed by atoms with Crippen LogP contribution in [0.1, 0.15) is 68.9 Å². The van der Waals surface area contributed by atoms with Gasteiger partial charge in [0, 0.05) is 27.6 Å². The van der Waals surface area contributed by atoms with Crippen LogP contribution in [0.4, 0.5) is 11.4 Å². The average molecular weight is 494 g/mol. The monoisotopic (exact) mass is 493 g/mol. The summed E-state index contributed by atoms with van der Waals surface area (Å²) < 4.78 is 0. The third-order valence-corrected chi connectivity index (χ3v) is 9.46. The van der Waals surface area contributed by atoms with Crippen LogP contribution in [0.2, 0.25) is 0 Å². The van der Waals surface area contributed by atoms with E-state index in [2.05, 4.69) is 143 Å². The molecule has 4 aromatic carbocycles. The van der Waals surface area contributed by atoms with E-state index in [1.165, 1.54) is 50.1 Å². The van der Waals surface area contributed by atoms with Crippen LogP contribution >= 0.6 is 0 Å². The van der Waals surface area contributed by atoms with Gasteiger partial charge in [0.05, 0.1) is 0 Å². The maximum Gasteiger partial charge on any atom is 0.0387 e. The average Bonchev–Trinajstić information content (AvgIpc) is 3.28. The highest BCUT2D eigenvalue weighted by Gasteiger charge is 2.38. The number of hydrogen-bond donors (Lipinski definition) is 1. The third-order valence-electron chi connectivity index (χ3n) is 9.46. The quantitative estimate of drug-likeness (QED) is 0.299. The van der Waals surface area contributed by atoms with Crippen molar-refractivity contribution in [2.75, 3.05) is 5.32 Å². The molecule has 1 N–H and O–H groups in total. The first kappa shape index (κ1) is 23.3. The Balaban J connectivity index is 1.23. The fraction of sp³-hybridized carbons (Fsp3) is 0.243. The van der Waals surface area contributed by atoms with E-state index in [1.807, 2.05) is 0 Å². The fourth-order valence-corrected chi connectivity index (χ4v) is 7.06. The molecule has 0 fully saturated rings. The molecular formula is C37H35N. The molecule has 188 valence electrons. The summed E-state index contributed by atoms with van der Waals surface area (Å²) in [5.74, 6) is 0. The number of allylic oxidation sites excluding steroid dienone is 4. The number of anilines is 2. The van der Waals surface area contributed by atoms with Crippen molar-refractivity contribution in [3.05, 3.63) is 131 Å². The Bertz CT molecular complexity index is 1680. The molecular weight excluding hydrogens is 458 g/mol. The van der Waals surface area contributed by atoms with E-state index in [0.717, 1.165) is 17.8 Å². The zero-order valence-corrected chi connectivity index (χ0v) is 23.0. The van der Waals surface area contributed by atoms with E-state index in [0.29, 0.717) is 0 Å². The van der Waals surface area contributed by atoms with Crippen LogP contribution < -0.4 is 5.32 Å². The summed E-state index contributed by atoms with van der Waals surface area (Å²) in [6.07, 6.45) is 10.0. The molecule has 1 nitrogen and oxygen atoms in total. The molecule has 0 radical (unpaired) electrons. The summed E-state index contributed by atoms with van der Waals surface area (Å²) in [7, 11) is 0. The zero-order chi connectivity index (χ0) is 26.3. The minimum absolute atomic E-state index is 0.00282. The van der Waals surface area contributed by atoms with Crippen LogP contribution in [-0.4, -0.2) is 0 Å². The topological polar surface area (TPSA) is 12.0 Å². The summed E-state index contributed by atoms with van der Waals surface area (Å²) >= 11 is 0. The Morgan fingerprint density at radius 1 is 0.553 bits per heavy atom. The summed E-state index contributed by atoms with van der Waals surface area (Å²) in [6, 6.07) is 29.8. The molecule has 1 unspecified atom stereocenters. The first-order valence-electron chi connectivity index (χ1n) is 13.8. The number of nitrogens with one attached hydrogen (secondary N) is 1. The molecule has 0 aliphatic heterocycles. The van der Waals surface area contributed by atoms with Gasteiger partial charge in [-0.15, -0.1) is 0 Å². The Morgan fingerprint density at radius 2 is 1.11 bits per heavy atom. The largest absolute Gasteiger partial charge is 0.356 e. The number of fused-ring (bicyclic) bond motifs is 6. The molecule has 4 aromatic rings. The summed E-state index contributed by atoms with van der Waals surface area (Å²) in [5, 5.41) is 3.74. The Hall–Kier alpha value is -3.84. The predicted molar refractivity (Wildman–Crippen MR) is 162 cm³/mol. The standard InChI is InChI=1S/C37H35N/c1-35(2)31-12-8-7-11-27(31)29-17-14-25(22-33(29)35)38-26-15-18-30-28-16-13-24(37(5)19-9-6-10-20-37)21-32(28)36(3,4)34(30)23-26/h6-19,21-23,38H,20H2,1-5H3. The number of hydrogen-bond acceptors (Lipinski definition) is 1. The van der Waals surface area contributed by atoms with Crippen LogP contribution in [0.3, 0.4) is 0 Å². The van der Waals surface area contributed by atoms with Gasteiger partial charge < -0.3 is 5.32 Å². The van der Waals surface area contributed by atoms with Crippen molar-refractivity contribution >= 4 is 11.4 Å². The van der Waals surface area contributed by atoms with Crippen LogP contribution in [0, 0.1) is 0 Å². The summed E-state index contributed by atoms with van der Waals surface area (Å²) in [5.41, 5.74) is 14.8. The van der Waals surface area contributed by atoms with Crippen molar-refractivity contribution in [1.82, 2.24) is 0 Å². The highest BCUT2D eigenvalue weighted by molar-refractivity contribution is 5.85. The van der Waals surface area contributed by atoms with Gasteiger partial charge in [-0.3, -0.25) is 0 Å². The van der Waals surface area contributed by atoms with Gasteiger partial charge in [0.15, 0.2) is 0 Å². The van der Waals surface area contributed by atoms with Crippen molar-refractivity contribution in [3.8, 4) is 22.3 Å². The van der Waals surface area contributed by atoms with Gasteiger partial charge in [0.1, 0.15) is 0 Å². The maximum atomic E-state index is 3.74. The van der Waals surface area contributed by atoms with Crippen LogP contribution in [0.15, 0.2) is 103 Å². The van der Waals surface area contributed by atoms with Crippen molar-refractivity contribution in [1.29, 1.82) is 0 Å². The van der Waals surface area contributed by atoms with Crippen LogP contribution in [0.5, 0.6) is 0 Å². The van der Waals surface area contributed by atoms with Crippen LogP contribution in [0.25, 0.3) is 22.3 Å². The second-order valence-corrected chi connectivity index (χ2v) is 12.6. The SMILES string of the molecule is CC1(c2ccc3c(c2)C(C)(C)c2cc(Nc4ccc5c(c4)C(C)(C)c4ccccc4-5)ccc2-3)C=CC=CC1. The molecule has 38 heavy (non-hydrogen) atoms. The molecule has 1 heteroatoms. The molecule has 0 saturated heterocycles. The Morgan fingerprint density at radius 3 is 1.74 bits per heavy atom. The molecule has 7 rings (SSSR count). The van der Waals surface area contributed by atoms with Crippen molar-refractivity contribution in [2.24, 2.45) is 0 Å². The van der Waals surface area contributed by atoms with E-state index in [1.54, 1.807) is 0 Å². The zero-order valence-electron chi connectivity index (χ0n) is 23.0. The molecule has 0 spiro atoms. The first-order valence-corrected chi connectivity index (χ1v) is 13.8.